The first-order valence-corrected chi connectivity index (χ1v) is 17.6. The lowest BCUT2D eigenvalue weighted by Gasteiger charge is -2.27. The third-order valence-corrected chi connectivity index (χ3v) is 8.56. The number of aliphatic hydroxyl groups is 1. The van der Waals surface area contributed by atoms with Gasteiger partial charge in [0, 0.05) is 43.1 Å². The summed E-state index contributed by atoms with van der Waals surface area (Å²) in [5.41, 5.74) is 6.01. The van der Waals surface area contributed by atoms with Gasteiger partial charge in [0.05, 0.1) is 18.9 Å². The Bertz CT molecular complexity index is 1750. The number of carbonyl (C=O) groups is 1. The Morgan fingerprint density at radius 2 is 1.76 bits per heavy atom. The van der Waals surface area contributed by atoms with Crippen molar-refractivity contribution in [2.24, 2.45) is 5.92 Å². The molecule has 1 aromatic heterocycles. The van der Waals surface area contributed by atoms with Crippen LogP contribution in [0.15, 0.2) is 90.6 Å². The minimum Gasteiger partial charge on any atom is -0.618 e. The maximum Gasteiger partial charge on any atom is 0.251 e. The number of rotatable bonds is 16. The van der Waals surface area contributed by atoms with Crippen LogP contribution in [0.1, 0.15) is 69.9 Å². The van der Waals surface area contributed by atoms with E-state index in [1.54, 1.807) is 36.4 Å². The molecule has 0 spiro atoms. The summed E-state index contributed by atoms with van der Waals surface area (Å²) in [6, 6.07) is 24.5. The van der Waals surface area contributed by atoms with E-state index in [1.165, 1.54) is 6.20 Å². The highest BCUT2D eigenvalue weighted by molar-refractivity contribution is 6.08. The first-order valence-electron chi connectivity index (χ1n) is 17.6. The van der Waals surface area contributed by atoms with E-state index in [9.17, 15) is 15.1 Å². The zero-order valence-corrected chi connectivity index (χ0v) is 29.6. The van der Waals surface area contributed by atoms with E-state index in [2.05, 4.69) is 61.3 Å². The summed E-state index contributed by atoms with van der Waals surface area (Å²) in [4.78, 5) is 16.2. The van der Waals surface area contributed by atoms with Crippen molar-refractivity contribution in [3.8, 4) is 22.6 Å². The summed E-state index contributed by atoms with van der Waals surface area (Å²) >= 11 is 0. The van der Waals surface area contributed by atoms with E-state index in [0.29, 0.717) is 66.0 Å². The van der Waals surface area contributed by atoms with Gasteiger partial charge in [-0.1, -0.05) is 51.5 Å². The number of hydrogen-bond acceptors (Lipinski definition) is 7. The van der Waals surface area contributed by atoms with E-state index in [0.717, 1.165) is 54.1 Å². The zero-order chi connectivity index (χ0) is 35.5. The molecule has 1 unspecified atom stereocenters. The van der Waals surface area contributed by atoms with Gasteiger partial charge >= 0.3 is 0 Å². The number of carbonyl (C=O) groups excluding carboxylic acids is 1. The standard InChI is InChI=1S/C41H49N3O6/c1-5-7-22-48-23-24-50-35-15-11-30(12-16-35)31-14-18-37-34(25-31)26-33(19-21-43(37)28-29(3)4)41(46)42-36-17-13-32(27-39(36)49-6-2)40(45)38-10-8-9-20-44(38)47/h8-18,20,25-27,29,40,45H,5-7,19,21-24,28H2,1-4H3,(H,42,46). The number of amides is 1. The van der Waals surface area contributed by atoms with E-state index >= 15 is 0 Å². The number of benzene rings is 3. The first kappa shape index (κ1) is 36.4. The predicted molar refractivity (Wildman–Crippen MR) is 198 cm³/mol. The molecule has 1 atom stereocenters. The molecule has 1 amide bonds. The van der Waals surface area contributed by atoms with Crippen LogP contribution in [0.4, 0.5) is 11.4 Å². The van der Waals surface area contributed by atoms with Crippen LogP contribution in [0.25, 0.3) is 17.2 Å². The lowest BCUT2D eigenvalue weighted by molar-refractivity contribution is -0.617. The molecule has 2 heterocycles. The molecule has 9 heteroatoms. The molecular weight excluding hydrogens is 630 g/mol. The van der Waals surface area contributed by atoms with Gasteiger partial charge in [0.15, 0.2) is 12.3 Å². The molecule has 0 saturated carbocycles. The zero-order valence-electron chi connectivity index (χ0n) is 29.6. The SMILES string of the molecule is CCCCOCCOc1ccc(-c2ccc3c(c2)C=C(C(=O)Nc2ccc(C(O)c4cccc[n+]4[O-])cc2OCC)CCN3CC(C)C)cc1. The Morgan fingerprint density at radius 1 is 0.960 bits per heavy atom. The van der Waals surface area contributed by atoms with Gasteiger partial charge in [-0.05, 0) is 96.5 Å². The van der Waals surface area contributed by atoms with Crippen molar-refractivity contribution in [3.63, 3.8) is 0 Å². The Hall–Kier alpha value is -4.86. The van der Waals surface area contributed by atoms with Crippen molar-refractivity contribution in [1.82, 2.24) is 0 Å². The summed E-state index contributed by atoms with van der Waals surface area (Å²) in [5.74, 6) is 1.44. The number of hydrogen-bond donors (Lipinski definition) is 2. The number of unbranched alkanes of at least 4 members (excludes halogenated alkanes) is 1. The third-order valence-electron chi connectivity index (χ3n) is 8.56. The quantitative estimate of drug-likeness (QED) is 0.0716. The van der Waals surface area contributed by atoms with Gasteiger partial charge in [-0.25, -0.2) is 0 Å². The summed E-state index contributed by atoms with van der Waals surface area (Å²) < 4.78 is 18.0. The minimum absolute atomic E-state index is 0.201. The molecule has 0 aliphatic carbocycles. The number of pyridine rings is 1. The Balaban J connectivity index is 1.36. The maximum absolute atomic E-state index is 13.9. The number of aromatic nitrogens is 1. The molecule has 1 aliphatic rings. The van der Waals surface area contributed by atoms with Crippen molar-refractivity contribution >= 4 is 23.4 Å². The summed E-state index contributed by atoms with van der Waals surface area (Å²) in [7, 11) is 0. The van der Waals surface area contributed by atoms with E-state index in [-0.39, 0.29) is 11.6 Å². The molecule has 1 aliphatic heterocycles. The molecular formula is C41H49N3O6. The molecule has 9 nitrogen and oxygen atoms in total. The maximum atomic E-state index is 13.9. The van der Waals surface area contributed by atoms with Crippen molar-refractivity contribution in [2.45, 2.75) is 53.1 Å². The molecule has 3 aromatic carbocycles. The van der Waals surface area contributed by atoms with Gasteiger partial charge in [-0.2, -0.15) is 4.73 Å². The summed E-state index contributed by atoms with van der Waals surface area (Å²) in [6.07, 6.45) is 4.92. The normalized spacial score (nSPS) is 13.3. The fourth-order valence-corrected chi connectivity index (χ4v) is 6.01. The van der Waals surface area contributed by atoms with Gasteiger partial charge in [-0.15, -0.1) is 0 Å². The van der Waals surface area contributed by atoms with Gasteiger partial charge in [-0.3, -0.25) is 4.79 Å². The highest BCUT2D eigenvalue weighted by Crippen LogP contribution is 2.35. The molecule has 0 radical (unpaired) electrons. The van der Waals surface area contributed by atoms with Crippen LogP contribution < -0.4 is 24.4 Å². The average Bonchev–Trinajstić information content (AvgIpc) is 3.29. The molecule has 2 N–H and O–H groups in total. The monoisotopic (exact) mass is 679 g/mol. The summed E-state index contributed by atoms with van der Waals surface area (Å²) in [6.45, 7) is 12.2. The van der Waals surface area contributed by atoms with Crippen LogP contribution >= 0.6 is 0 Å². The van der Waals surface area contributed by atoms with E-state index in [1.807, 2.05) is 25.1 Å². The van der Waals surface area contributed by atoms with Crippen LogP contribution in [-0.4, -0.2) is 50.5 Å². The largest absolute Gasteiger partial charge is 0.618 e. The minimum atomic E-state index is -1.15. The predicted octanol–water partition coefficient (Wildman–Crippen LogP) is 7.55. The van der Waals surface area contributed by atoms with Crippen molar-refractivity contribution < 1.29 is 28.8 Å². The van der Waals surface area contributed by atoms with Gasteiger partial charge in [0.25, 0.3) is 5.91 Å². The number of nitrogens with zero attached hydrogens (tertiary/aromatic N) is 2. The number of anilines is 2. The van der Waals surface area contributed by atoms with E-state index in [4.69, 9.17) is 14.2 Å². The van der Waals surface area contributed by atoms with Crippen LogP contribution in [0.2, 0.25) is 0 Å². The fraction of sp³-hybridized carbons (Fsp3) is 0.366. The lowest BCUT2D eigenvalue weighted by Crippen LogP contribution is -2.33. The second-order valence-electron chi connectivity index (χ2n) is 12.9. The molecule has 0 saturated heterocycles. The molecule has 50 heavy (non-hydrogen) atoms. The topological polar surface area (TPSA) is 107 Å². The third kappa shape index (κ3) is 9.43. The van der Waals surface area contributed by atoms with Gasteiger partial charge in [0.1, 0.15) is 18.1 Å². The second-order valence-corrected chi connectivity index (χ2v) is 12.9. The first-order chi connectivity index (χ1) is 24.3. The fourth-order valence-electron chi connectivity index (χ4n) is 6.01. The molecule has 4 aromatic rings. The van der Waals surface area contributed by atoms with E-state index < -0.39 is 6.10 Å². The Morgan fingerprint density at radius 3 is 2.50 bits per heavy atom. The second kappa shape index (κ2) is 17.7. The van der Waals surface area contributed by atoms with Gasteiger partial charge < -0.3 is 34.7 Å². The van der Waals surface area contributed by atoms with Crippen molar-refractivity contribution in [2.75, 3.05) is 49.7 Å². The lowest BCUT2D eigenvalue weighted by atomic mass is 10.00. The number of aliphatic hydroxyl groups excluding tert-OH is 1. The average molecular weight is 680 g/mol. The summed E-state index contributed by atoms with van der Waals surface area (Å²) in [5, 5.41) is 26.3. The number of nitrogens with one attached hydrogen (secondary N) is 1. The van der Waals surface area contributed by atoms with Crippen LogP contribution in [0, 0.1) is 11.1 Å². The van der Waals surface area contributed by atoms with Crippen LogP contribution in [0.3, 0.4) is 0 Å². The molecule has 0 fully saturated rings. The Labute approximate surface area is 295 Å². The highest BCUT2D eigenvalue weighted by Gasteiger charge is 2.24. The molecule has 5 rings (SSSR count). The number of fused-ring (bicyclic) bond motifs is 1. The van der Waals surface area contributed by atoms with Gasteiger partial charge in [0.2, 0.25) is 5.69 Å². The van der Waals surface area contributed by atoms with Crippen LogP contribution in [-0.2, 0) is 9.53 Å². The molecule has 0 bridgehead atoms. The van der Waals surface area contributed by atoms with Crippen molar-refractivity contribution in [3.05, 3.63) is 113 Å². The highest BCUT2D eigenvalue weighted by atomic mass is 16.5. The Kier molecular flexibility index (Phi) is 12.9. The molecule has 264 valence electrons. The number of ether oxygens (including phenoxy) is 3. The van der Waals surface area contributed by atoms with Crippen molar-refractivity contribution in [1.29, 1.82) is 0 Å². The van der Waals surface area contributed by atoms with Crippen LogP contribution in [0.5, 0.6) is 11.5 Å². The smallest absolute Gasteiger partial charge is 0.251 e.